The van der Waals surface area contributed by atoms with Crippen LogP contribution in [0.25, 0.3) is 0 Å². The number of hydrogen-bond donors (Lipinski definition) is 4. The van der Waals surface area contributed by atoms with Gasteiger partial charge in [-0.15, -0.1) is 0 Å². The lowest BCUT2D eigenvalue weighted by Crippen LogP contribution is -2.31. The molecule has 0 aliphatic heterocycles. The lowest BCUT2D eigenvalue weighted by molar-refractivity contribution is -0.0137. The summed E-state index contributed by atoms with van der Waals surface area (Å²) < 4.78 is 0. The Morgan fingerprint density at radius 1 is 0.960 bits per heavy atom. The molecule has 1 heterocycles. The Hall–Kier alpha value is -1.86. The third kappa shape index (κ3) is 6.51. The molecule has 0 aliphatic carbocycles. The number of nitrogens with one attached hydrogen (secondary N) is 1. The highest BCUT2D eigenvalue weighted by molar-refractivity contribution is 5.14. The van der Waals surface area contributed by atoms with Gasteiger partial charge in [-0.25, -0.2) is 0 Å². The van der Waals surface area contributed by atoms with E-state index in [4.69, 9.17) is 5.11 Å². The fourth-order valence-corrected chi connectivity index (χ4v) is 2.54. The summed E-state index contributed by atoms with van der Waals surface area (Å²) in [6, 6.07) is 10.6. The van der Waals surface area contributed by atoms with E-state index in [0.717, 1.165) is 25.1 Å². The Balaban J connectivity index is 1.86. The Kier molecular flexibility index (Phi) is 7.94. The molecular weight excluding hydrogens is 318 g/mol. The van der Waals surface area contributed by atoms with Gasteiger partial charge in [0, 0.05) is 37.8 Å². The number of aromatic nitrogens is 2. The van der Waals surface area contributed by atoms with Crippen molar-refractivity contribution in [1.82, 2.24) is 15.3 Å². The lowest BCUT2D eigenvalue weighted by atomic mass is 10.1. The second kappa shape index (κ2) is 10.2. The van der Waals surface area contributed by atoms with Crippen LogP contribution in [0.1, 0.15) is 30.3 Å². The summed E-state index contributed by atoms with van der Waals surface area (Å²) >= 11 is 0. The zero-order valence-corrected chi connectivity index (χ0v) is 14.5. The van der Waals surface area contributed by atoms with Crippen molar-refractivity contribution in [3.63, 3.8) is 0 Å². The molecule has 0 spiro atoms. The van der Waals surface area contributed by atoms with Crippen molar-refractivity contribution in [2.24, 2.45) is 0 Å². The fourth-order valence-electron chi connectivity index (χ4n) is 2.54. The van der Waals surface area contributed by atoms with Crippen LogP contribution in [0.4, 0.5) is 0 Å². The summed E-state index contributed by atoms with van der Waals surface area (Å²) in [5, 5.41) is 31.5. The monoisotopic (exact) mass is 345 g/mol. The number of aliphatic hydroxyl groups is 3. The van der Waals surface area contributed by atoms with Crippen LogP contribution >= 0.6 is 0 Å². The van der Waals surface area contributed by atoms with Crippen molar-refractivity contribution in [3.05, 3.63) is 59.7 Å². The minimum Gasteiger partial charge on any atom is -0.394 e. The number of nitrogens with zero attached hydrogens (tertiary/aromatic N) is 2. The van der Waals surface area contributed by atoms with E-state index in [-0.39, 0.29) is 6.42 Å². The quantitative estimate of drug-likeness (QED) is 0.509. The zero-order chi connectivity index (χ0) is 18.1. The molecule has 0 bridgehead atoms. The van der Waals surface area contributed by atoms with E-state index in [1.807, 2.05) is 18.2 Å². The normalized spacial score (nSPS) is 14.9. The van der Waals surface area contributed by atoms with Gasteiger partial charge in [0.1, 0.15) is 6.10 Å². The van der Waals surface area contributed by atoms with Gasteiger partial charge in [0.25, 0.3) is 0 Å². The smallest absolute Gasteiger partial charge is 0.103 e. The molecule has 136 valence electrons. The first-order valence-corrected chi connectivity index (χ1v) is 8.66. The zero-order valence-electron chi connectivity index (χ0n) is 14.5. The highest BCUT2D eigenvalue weighted by Crippen LogP contribution is 2.07. The number of hydrogen-bond acceptors (Lipinski definition) is 6. The molecular formula is C19H27N3O3. The van der Waals surface area contributed by atoms with Gasteiger partial charge < -0.3 is 20.6 Å². The van der Waals surface area contributed by atoms with Crippen molar-refractivity contribution in [2.75, 3.05) is 6.61 Å². The molecule has 0 saturated carbocycles. The van der Waals surface area contributed by atoms with E-state index in [2.05, 4.69) is 34.3 Å². The van der Waals surface area contributed by atoms with Crippen molar-refractivity contribution in [1.29, 1.82) is 0 Å². The molecule has 0 fully saturated rings. The summed E-state index contributed by atoms with van der Waals surface area (Å²) in [5.74, 6) is 0. The molecule has 25 heavy (non-hydrogen) atoms. The van der Waals surface area contributed by atoms with Crippen molar-refractivity contribution in [2.45, 2.75) is 51.0 Å². The molecule has 0 radical (unpaired) electrons. The molecule has 6 heteroatoms. The van der Waals surface area contributed by atoms with Crippen LogP contribution in [0, 0.1) is 0 Å². The third-order valence-electron chi connectivity index (χ3n) is 4.19. The Morgan fingerprint density at radius 3 is 2.16 bits per heavy atom. The second-order valence-corrected chi connectivity index (χ2v) is 6.20. The maximum Gasteiger partial charge on any atom is 0.103 e. The largest absolute Gasteiger partial charge is 0.394 e. The van der Waals surface area contributed by atoms with Gasteiger partial charge >= 0.3 is 0 Å². The highest BCUT2D eigenvalue weighted by atomic mass is 16.4. The molecule has 0 aliphatic rings. The second-order valence-electron chi connectivity index (χ2n) is 6.20. The van der Waals surface area contributed by atoms with Gasteiger partial charge in [-0.3, -0.25) is 9.97 Å². The Labute approximate surface area is 148 Å². The summed E-state index contributed by atoms with van der Waals surface area (Å²) in [5.41, 5.74) is 2.72. The van der Waals surface area contributed by atoms with E-state index in [0.29, 0.717) is 11.7 Å². The third-order valence-corrected chi connectivity index (χ3v) is 4.19. The van der Waals surface area contributed by atoms with Crippen molar-refractivity contribution < 1.29 is 15.3 Å². The molecule has 4 N–H and O–H groups in total. The molecule has 0 saturated heterocycles. The summed E-state index contributed by atoms with van der Waals surface area (Å²) in [6.45, 7) is 2.48. The first-order valence-electron chi connectivity index (χ1n) is 8.66. The molecule has 2 rings (SSSR count). The predicted molar refractivity (Wildman–Crippen MR) is 95.9 cm³/mol. The summed E-state index contributed by atoms with van der Waals surface area (Å²) in [7, 11) is 0. The van der Waals surface area contributed by atoms with Gasteiger partial charge in [0.15, 0.2) is 0 Å². The number of rotatable bonds is 10. The standard InChI is InChI=1S/C19H27N3O3/c1-2-15(20-10-14-6-4-3-5-7-14)8-16-11-22-17(12-21-16)9-18(24)19(25)13-23/h3-7,11-12,15,18-20,23-25H,2,8-10,13H2,1H3/t15-,18-,19+/m0/s1. The minimum absolute atomic E-state index is 0.165. The molecule has 1 aromatic heterocycles. The van der Waals surface area contributed by atoms with E-state index in [1.54, 1.807) is 12.4 Å². The van der Waals surface area contributed by atoms with Crippen LogP contribution in [0.2, 0.25) is 0 Å². The Bertz CT molecular complexity index is 607. The summed E-state index contributed by atoms with van der Waals surface area (Å²) in [4.78, 5) is 8.70. The van der Waals surface area contributed by atoms with E-state index >= 15 is 0 Å². The fraction of sp³-hybridized carbons (Fsp3) is 0.474. The van der Waals surface area contributed by atoms with Crippen LogP contribution in [-0.4, -0.2) is 50.1 Å². The van der Waals surface area contributed by atoms with Gasteiger partial charge in [-0.2, -0.15) is 0 Å². The first kappa shape index (κ1) is 19.5. The van der Waals surface area contributed by atoms with Gasteiger partial charge in [0.2, 0.25) is 0 Å². The van der Waals surface area contributed by atoms with Crippen molar-refractivity contribution in [3.8, 4) is 0 Å². The average molecular weight is 345 g/mol. The molecule has 0 unspecified atom stereocenters. The summed E-state index contributed by atoms with van der Waals surface area (Å²) in [6.07, 6.45) is 3.05. The predicted octanol–water partition coefficient (Wildman–Crippen LogP) is 0.844. The molecule has 1 aromatic carbocycles. The van der Waals surface area contributed by atoms with E-state index in [1.165, 1.54) is 5.56 Å². The highest BCUT2D eigenvalue weighted by Gasteiger charge is 2.16. The van der Waals surface area contributed by atoms with Crippen LogP contribution in [-0.2, 0) is 19.4 Å². The number of benzene rings is 1. The van der Waals surface area contributed by atoms with Crippen LogP contribution in [0.5, 0.6) is 0 Å². The maximum atomic E-state index is 9.71. The average Bonchev–Trinajstić information content (AvgIpc) is 2.66. The van der Waals surface area contributed by atoms with Crippen molar-refractivity contribution >= 4 is 0 Å². The van der Waals surface area contributed by atoms with E-state index < -0.39 is 18.8 Å². The Morgan fingerprint density at radius 2 is 1.60 bits per heavy atom. The molecule has 3 atom stereocenters. The molecule has 6 nitrogen and oxygen atoms in total. The maximum absolute atomic E-state index is 9.71. The van der Waals surface area contributed by atoms with Gasteiger partial charge in [0.05, 0.1) is 24.1 Å². The SMILES string of the molecule is CC[C@@H](Cc1cnc(C[C@H](O)[C@H](O)CO)cn1)NCc1ccccc1. The topological polar surface area (TPSA) is 98.5 Å². The molecule has 2 aromatic rings. The number of aliphatic hydroxyl groups excluding tert-OH is 3. The van der Waals surface area contributed by atoms with Crippen LogP contribution in [0.3, 0.4) is 0 Å². The first-order chi connectivity index (χ1) is 12.1. The minimum atomic E-state index is -1.16. The molecule has 0 amide bonds. The van der Waals surface area contributed by atoms with Gasteiger partial charge in [-0.1, -0.05) is 37.3 Å². The van der Waals surface area contributed by atoms with Crippen LogP contribution in [0.15, 0.2) is 42.7 Å². The van der Waals surface area contributed by atoms with Crippen LogP contribution < -0.4 is 5.32 Å². The van der Waals surface area contributed by atoms with E-state index in [9.17, 15) is 10.2 Å². The lowest BCUT2D eigenvalue weighted by Gasteiger charge is -2.17. The van der Waals surface area contributed by atoms with Gasteiger partial charge in [-0.05, 0) is 12.0 Å².